The van der Waals surface area contributed by atoms with E-state index in [1.54, 1.807) is 42.5 Å². The zero-order chi connectivity index (χ0) is 23.3. The van der Waals surface area contributed by atoms with Crippen LogP contribution in [0.4, 0.5) is 0 Å². The van der Waals surface area contributed by atoms with Crippen LogP contribution in [0.15, 0.2) is 47.4 Å². The summed E-state index contributed by atoms with van der Waals surface area (Å²) in [6.07, 6.45) is -0.943. The van der Waals surface area contributed by atoms with Gasteiger partial charge in [0.05, 0.1) is 24.2 Å². The second-order valence-corrected chi connectivity index (χ2v) is 9.94. The molecule has 0 saturated carbocycles. The van der Waals surface area contributed by atoms with Gasteiger partial charge < -0.3 is 23.7 Å². The molecule has 4 atom stereocenters. The molecule has 4 heterocycles. The van der Waals surface area contributed by atoms with Crippen molar-refractivity contribution in [1.82, 2.24) is 24.9 Å². The number of aryl methyl sites for hydroxylation is 1. The molecule has 2 fully saturated rings. The molecule has 34 heavy (non-hydrogen) atoms. The molecule has 12 nitrogen and oxygen atoms in total. The molecular formula is C21H21N5O7S. The van der Waals surface area contributed by atoms with Gasteiger partial charge in [-0.3, -0.25) is 0 Å². The summed E-state index contributed by atoms with van der Waals surface area (Å²) in [6.45, 7) is 2.46. The van der Waals surface area contributed by atoms with Gasteiger partial charge in [-0.25, -0.2) is 13.1 Å². The van der Waals surface area contributed by atoms with Gasteiger partial charge in [-0.05, 0) is 41.6 Å². The van der Waals surface area contributed by atoms with Crippen molar-refractivity contribution in [2.75, 3.05) is 20.0 Å². The van der Waals surface area contributed by atoms with Gasteiger partial charge in [0.15, 0.2) is 11.5 Å². The van der Waals surface area contributed by atoms with E-state index in [1.807, 2.05) is 6.92 Å². The number of hydrogen-bond acceptors (Lipinski definition) is 10. The van der Waals surface area contributed by atoms with E-state index in [4.69, 9.17) is 23.7 Å². The Labute approximate surface area is 194 Å². The van der Waals surface area contributed by atoms with E-state index in [0.29, 0.717) is 17.2 Å². The quantitative estimate of drug-likeness (QED) is 0.540. The summed E-state index contributed by atoms with van der Waals surface area (Å²) in [5, 5.41) is 11.8. The van der Waals surface area contributed by atoms with Gasteiger partial charge in [0.25, 0.3) is 0 Å². The zero-order valence-electron chi connectivity index (χ0n) is 18.0. The van der Waals surface area contributed by atoms with Crippen molar-refractivity contribution >= 4 is 10.0 Å². The monoisotopic (exact) mass is 487 g/mol. The number of fused-ring (bicyclic) bond motifs is 2. The summed E-state index contributed by atoms with van der Waals surface area (Å²) >= 11 is 0. The fourth-order valence-corrected chi connectivity index (χ4v) is 5.51. The standard InChI is InChI=1S/C21H21N5O7S/c1-12-2-5-14(6-3-12)34(27,28)23-15-9-29-20-16(10-30-19(15)20)26-21(22-24-25-26)33-13-4-7-17-18(8-13)32-11-31-17/h2-8,15-16,19-20,23H,9-11H2,1H3/t15-,16+,19-,20+/m1/s1. The highest BCUT2D eigenvalue weighted by atomic mass is 32.2. The molecule has 0 bridgehead atoms. The van der Waals surface area contributed by atoms with E-state index in [0.717, 1.165) is 5.56 Å². The highest BCUT2D eigenvalue weighted by Crippen LogP contribution is 2.38. The van der Waals surface area contributed by atoms with Crippen molar-refractivity contribution in [2.24, 2.45) is 0 Å². The van der Waals surface area contributed by atoms with Gasteiger partial charge in [-0.2, -0.15) is 4.68 Å². The Hall–Kier alpha value is -3.26. The van der Waals surface area contributed by atoms with Crippen molar-refractivity contribution in [3.8, 4) is 23.3 Å². The Morgan fingerprint density at radius 2 is 1.82 bits per heavy atom. The van der Waals surface area contributed by atoms with E-state index in [9.17, 15) is 8.42 Å². The van der Waals surface area contributed by atoms with Gasteiger partial charge in [0.1, 0.15) is 24.0 Å². The Balaban J connectivity index is 1.17. The van der Waals surface area contributed by atoms with E-state index >= 15 is 0 Å². The molecule has 3 aliphatic heterocycles. The molecule has 0 radical (unpaired) electrons. The number of benzene rings is 2. The maximum atomic E-state index is 12.8. The Morgan fingerprint density at radius 3 is 2.68 bits per heavy atom. The lowest BCUT2D eigenvalue weighted by Gasteiger charge is -2.18. The summed E-state index contributed by atoms with van der Waals surface area (Å²) in [5.74, 6) is 1.69. The fraction of sp³-hybridized carbons (Fsp3) is 0.381. The van der Waals surface area contributed by atoms with Crippen LogP contribution < -0.4 is 18.9 Å². The highest BCUT2D eigenvalue weighted by Gasteiger charge is 2.50. The van der Waals surface area contributed by atoms with Gasteiger partial charge in [0.2, 0.25) is 16.8 Å². The first-order valence-corrected chi connectivity index (χ1v) is 12.1. The molecule has 0 unspecified atom stereocenters. The minimum absolute atomic E-state index is 0.153. The van der Waals surface area contributed by atoms with Crippen LogP contribution in [-0.4, -0.2) is 66.9 Å². The molecule has 13 heteroatoms. The summed E-state index contributed by atoms with van der Waals surface area (Å²) in [6, 6.07) is 11.0. The van der Waals surface area contributed by atoms with E-state index in [2.05, 4.69) is 20.2 Å². The van der Waals surface area contributed by atoms with Crippen molar-refractivity contribution in [3.05, 3.63) is 48.0 Å². The van der Waals surface area contributed by atoms with Crippen molar-refractivity contribution in [1.29, 1.82) is 0 Å². The highest BCUT2D eigenvalue weighted by molar-refractivity contribution is 7.89. The van der Waals surface area contributed by atoms with Crippen LogP contribution in [0.25, 0.3) is 0 Å². The van der Waals surface area contributed by atoms with Crippen molar-refractivity contribution < 1.29 is 32.1 Å². The third kappa shape index (κ3) is 3.76. The topological polar surface area (TPSA) is 136 Å². The van der Waals surface area contributed by atoms with Crippen LogP contribution in [0.2, 0.25) is 0 Å². The molecule has 0 spiro atoms. The number of sulfonamides is 1. The third-order valence-electron chi connectivity index (χ3n) is 6.00. The number of rotatable bonds is 6. The first-order valence-electron chi connectivity index (χ1n) is 10.7. The molecule has 1 N–H and O–H groups in total. The third-order valence-corrected chi connectivity index (χ3v) is 7.50. The maximum Gasteiger partial charge on any atom is 0.341 e. The number of tetrazole rings is 1. The minimum Gasteiger partial charge on any atom is -0.454 e. The molecule has 0 aliphatic carbocycles. The lowest BCUT2D eigenvalue weighted by Crippen LogP contribution is -2.44. The number of nitrogens with zero attached hydrogens (tertiary/aromatic N) is 4. The molecule has 3 aromatic rings. The van der Waals surface area contributed by atoms with Crippen molar-refractivity contribution in [2.45, 2.75) is 36.1 Å². The SMILES string of the molecule is Cc1ccc(S(=O)(=O)N[C@@H]2CO[C@@H]3[C@@H]2OC[C@@H]3n2nnnc2Oc2ccc3c(c2)OCO3)cc1. The first-order chi connectivity index (χ1) is 16.5. The normalized spacial score (nSPS) is 25.4. The summed E-state index contributed by atoms with van der Waals surface area (Å²) in [7, 11) is -3.73. The van der Waals surface area contributed by atoms with Gasteiger partial charge in [-0.15, -0.1) is 0 Å². The van der Waals surface area contributed by atoms with Gasteiger partial charge >= 0.3 is 6.01 Å². The average molecular weight is 487 g/mol. The van der Waals surface area contributed by atoms with Gasteiger partial charge in [-0.1, -0.05) is 22.8 Å². The van der Waals surface area contributed by atoms with Crippen molar-refractivity contribution in [3.63, 3.8) is 0 Å². The second kappa shape index (κ2) is 8.20. The number of ether oxygens (including phenoxy) is 5. The van der Waals surface area contributed by atoms with E-state index < -0.39 is 34.3 Å². The number of nitrogens with one attached hydrogen (secondary N) is 1. The number of hydrogen-bond donors (Lipinski definition) is 1. The van der Waals surface area contributed by atoms with E-state index in [1.165, 1.54) is 4.68 Å². The fourth-order valence-electron chi connectivity index (χ4n) is 4.28. The minimum atomic E-state index is -3.73. The Bertz CT molecular complexity index is 1310. The molecule has 6 rings (SSSR count). The second-order valence-electron chi connectivity index (χ2n) is 8.23. The van der Waals surface area contributed by atoms with Crippen LogP contribution in [0.5, 0.6) is 23.3 Å². The molecule has 0 amide bonds. The predicted octanol–water partition coefficient (Wildman–Crippen LogP) is 1.19. The van der Waals surface area contributed by atoms with Crippen LogP contribution in [0, 0.1) is 6.92 Å². The predicted molar refractivity (Wildman–Crippen MR) is 114 cm³/mol. The molecule has 1 aromatic heterocycles. The van der Waals surface area contributed by atoms with Crippen LogP contribution in [-0.2, 0) is 19.5 Å². The summed E-state index contributed by atoms with van der Waals surface area (Å²) in [5.41, 5.74) is 0.977. The molecule has 2 saturated heterocycles. The first kappa shape index (κ1) is 21.3. The smallest absolute Gasteiger partial charge is 0.341 e. The van der Waals surface area contributed by atoms with E-state index in [-0.39, 0.29) is 30.9 Å². The molecular weight excluding hydrogens is 466 g/mol. The van der Waals surface area contributed by atoms with Crippen LogP contribution >= 0.6 is 0 Å². The lowest BCUT2D eigenvalue weighted by molar-refractivity contribution is 0.0615. The number of aromatic nitrogens is 4. The molecule has 2 aromatic carbocycles. The lowest BCUT2D eigenvalue weighted by atomic mass is 10.1. The summed E-state index contributed by atoms with van der Waals surface area (Å²) in [4.78, 5) is 0.191. The average Bonchev–Trinajstić information content (AvgIpc) is 3.59. The molecule has 178 valence electrons. The van der Waals surface area contributed by atoms with Gasteiger partial charge in [0, 0.05) is 6.07 Å². The Morgan fingerprint density at radius 1 is 1.03 bits per heavy atom. The maximum absolute atomic E-state index is 12.8. The zero-order valence-corrected chi connectivity index (χ0v) is 18.8. The largest absolute Gasteiger partial charge is 0.454 e. The van der Waals surface area contributed by atoms with Crippen LogP contribution in [0.3, 0.4) is 0 Å². The molecule has 3 aliphatic rings. The van der Waals surface area contributed by atoms with Crippen LogP contribution in [0.1, 0.15) is 11.6 Å². The Kier molecular flexibility index (Phi) is 5.13. The summed E-state index contributed by atoms with van der Waals surface area (Å²) < 4.78 is 58.3.